The Hall–Kier alpha value is -2.04. The van der Waals surface area contributed by atoms with Gasteiger partial charge in [-0.2, -0.15) is 0 Å². The van der Waals surface area contributed by atoms with Crippen molar-refractivity contribution in [3.05, 3.63) is 42.8 Å². The summed E-state index contributed by atoms with van der Waals surface area (Å²) in [6.07, 6.45) is -0.618. The summed E-state index contributed by atoms with van der Waals surface area (Å²) in [6, 6.07) is 9.03. The molecule has 2 N–H and O–H groups in total. The zero-order chi connectivity index (χ0) is 15.2. The first-order valence-electron chi connectivity index (χ1n) is 6.42. The van der Waals surface area contributed by atoms with Gasteiger partial charge in [-0.15, -0.1) is 0 Å². The lowest BCUT2D eigenvalue weighted by Crippen LogP contribution is -2.40. The van der Waals surface area contributed by atoms with Crippen molar-refractivity contribution in [1.82, 2.24) is 10.6 Å². The highest BCUT2D eigenvalue weighted by molar-refractivity contribution is 5.82. The Bertz CT molecular complexity index is 452. The van der Waals surface area contributed by atoms with Crippen LogP contribution >= 0.6 is 0 Å². The second-order valence-corrected chi connectivity index (χ2v) is 5.39. The number of carbonyl (C=O) groups is 2. The smallest absolute Gasteiger partial charge is 0.408 e. The molecule has 0 unspecified atom stereocenters. The maximum Gasteiger partial charge on any atom is 0.408 e. The van der Waals surface area contributed by atoms with E-state index in [0.29, 0.717) is 0 Å². The van der Waals surface area contributed by atoms with E-state index in [4.69, 9.17) is 4.74 Å². The topological polar surface area (TPSA) is 67.4 Å². The minimum absolute atomic E-state index is 0.145. The predicted molar refractivity (Wildman–Crippen MR) is 76.9 cm³/mol. The molecule has 0 heterocycles. The molecule has 1 radical (unpaired) electrons. The summed E-state index contributed by atoms with van der Waals surface area (Å²) >= 11 is 0. The number of hydrogen-bond acceptors (Lipinski definition) is 3. The SMILES string of the molecule is [CH2][C@@H](NC(=O)CNC(=O)OC(C)(C)C)c1ccccc1. The van der Waals surface area contributed by atoms with Gasteiger partial charge in [0.05, 0.1) is 6.04 Å². The lowest BCUT2D eigenvalue weighted by molar-refractivity contribution is -0.120. The molecule has 5 heteroatoms. The number of nitrogens with one attached hydrogen (secondary N) is 2. The van der Waals surface area contributed by atoms with E-state index in [1.165, 1.54) is 0 Å². The Kier molecular flexibility index (Phi) is 5.55. The van der Waals surface area contributed by atoms with E-state index in [1.54, 1.807) is 20.8 Å². The van der Waals surface area contributed by atoms with E-state index in [0.717, 1.165) is 5.56 Å². The van der Waals surface area contributed by atoms with Crippen LogP contribution in [-0.2, 0) is 9.53 Å². The lowest BCUT2D eigenvalue weighted by Gasteiger charge is -2.20. The van der Waals surface area contributed by atoms with Gasteiger partial charge in [0.1, 0.15) is 12.1 Å². The van der Waals surface area contributed by atoms with Gasteiger partial charge in [0.15, 0.2) is 0 Å². The van der Waals surface area contributed by atoms with Crippen LogP contribution in [-0.4, -0.2) is 24.1 Å². The molecule has 0 saturated carbocycles. The molecule has 0 aliphatic heterocycles. The normalized spacial score (nSPS) is 12.4. The first-order valence-corrected chi connectivity index (χ1v) is 6.42. The minimum atomic E-state index is -0.618. The zero-order valence-electron chi connectivity index (χ0n) is 12.1. The fourth-order valence-electron chi connectivity index (χ4n) is 1.48. The van der Waals surface area contributed by atoms with Crippen molar-refractivity contribution in [3.8, 4) is 0 Å². The number of benzene rings is 1. The second kappa shape index (κ2) is 6.93. The van der Waals surface area contributed by atoms with E-state index >= 15 is 0 Å². The maximum absolute atomic E-state index is 11.7. The monoisotopic (exact) mass is 277 g/mol. The summed E-state index contributed by atoms with van der Waals surface area (Å²) in [4.78, 5) is 23.1. The quantitative estimate of drug-likeness (QED) is 0.886. The van der Waals surface area contributed by atoms with Crippen LogP contribution in [0.1, 0.15) is 32.4 Å². The molecule has 0 bridgehead atoms. The van der Waals surface area contributed by atoms with Gasteiger partial charge < -0.3 is 15.4 Å². The Labute approximate surface area is 119 Å². The van der Waals surface area contributed by atoms with Crippen LogP contribution in [0.5, 0.6) is 0 Å². The lowest BCUT2D eigenvalue weighted by atomic mass is 10.1. The highest BCUT2D eigenvalue weighted by atomic mass is 16.6. The van der Waals surface area contributed by atoms with Crippen LogP contribution in [0.3, 0.4) is 0 Å². The maximum atomic E-state index is 11.7. The molecule has 1 rings (SSSR count). The Morgan fingerprint density at radius 2 is 1.85 bits per heavy atom. The van der Waals surface area contributed by atoms with E-state index in [2.05, 4.69) is 17.6 Å². The van der Waals surface area contributed by atoms with Crippen molar-refractivity contribution in [2.75, 3.05) is 6.54 Å². The van der Waals surface area contributed by atoms with Crippen molar-refractivity contribution >= 4 is 12.0 Å². The number of carbonyl (C=O) groups excluding carboxylic acids is 2. The Balaban J connectivity index is 2.36. The Morgan fingerprint density at radius 1 is 1.25 bits per heavy atom. The van der Waals surface area contributed by atoms with Gasteiger partial charge in [-0.25, -0.2) is 4.79 Å². The summed E-state index contributed by atoms with van der Waals surface area (Å²) in [5, 5.41) is 5.09. The van der Waals surface area contributed by atoms with Crippen molar-refractivity contribution in [1.29, 1.82) is 0 Å². The molecule has 1 aromatic carbocycles. The van der Waals surface area contributed by atoms with Gasteiger partial charge in [0.25, 0.3) is 0 Å². The number of hydrogen-bond donors (Lipinski definition) is 2. The van der Waals surface area contributed by atoms with Crippen molar-refractivity contribution in [2.24, 2.45) is 0 Å². The molecule has 0 spiro atoms. The minimum Gasteiger partial charge on any atom is -0.444 e. The fourth-order valence-corrected chi connectivity index (χ4v) is 1.48. The third-order valence-corrected chi connectivity index (χ3v) is 2.33. The molecule has 1 aromatic rings. The summed E-state index contributed by atoms with van der Waals surface area (Å²) in [6.45, 7) is 8.99. The third kappa shape index (κ3) is 6.22. The van der Waals surface area contributed by atoms with E-state index < -0.39 is 11.7 Å². The molecular weight excluding hydrogens is 256 g/mol. The van der Waals surface area contributed by atoms with Crippen LogP contribution in [0.25, 0.3) is 0 Å². The highest BCUT2D eigenvalue weighted by Gasteiger charge is 2.17. The Morgan fingerprint density at radius 3 is 2.40 bits per heavy atom. The number of amides is 2. The largest absolute Gasteiger partial charge is 0.444 e. The third-order valence-electron chi connectivity index (χ3n) is 2.33. The van der Waals surface area contributed by atoms with Gasteiger partial charge in [-0.05, 0) is 33.3 Å². The average Bonchev–Trinajstić information content (AvgIpc) is 2.35. The van der Waals surface area contributed by atoms with Gasteiger partial charge in [0.2, 0.25) is 5.91 Å². The van der Waals surface area contributed by atoms with Gasteiger partial charge in [-0.1, -0.05) is 30.3 Å². The van der Waals surface area contributed by atoms with Crippen LogP contribution in [0.4, 0.5) is 4.79 Å². The fraction of sp³-hybridized carbons (Fsp3) is 0.400. The first kappa shape index (κ1) is 16.0. The van der Waals surface area contributed by atoms with Crippen LogP contribution < -0.4 is 10.6 Å². The van der Waals surface area contributed by atoms with Crippen LogP contribution in [0.2, 0.25) is 0 Å². The second-order valence-electron chi connectivity index (χ2n) is 5.39. The molecule has 0 aliphatic carbocycles. The first-order chi connectivity index (χ1) is 9.28. The molecule has 1 atom stereocenters. The number of ether oxygens (including phenoxy) is 1. The van der Waals surface area contributed by atoms with Crippen molar-refractivity contribution < 1.29 is 14.3 Å². The number of alkyl carbamates (subject to hydrolysis) is 1. The summed E-state index contributed by atoms with van der Waals surface area (Å²) in [7, 11) is 0. The summed E-state index contributed by atoms with van der Waals surface area (Å²) in [5.74, 6) is -0.320. The molecule has 0 saturated heterocycles. The molecule has 109 valence electrons. The average molecular weight is 277 g/mol. The molecule has 0 aliphatic rings. The van der Waals surface area contributed by atoms with Gasteiger partial charge >= 0.3 is 6.09 Å². The van der Waals surface area contributed by atoms with Crippen molar-refractivity contribution in [3.63, 3.8) is 0 Å². The molecule has 0 aromatic heterocycles. The van der Waals surface area contributed by atoms with Crippen LogP contribution in [0, 0.1) is 6.92 Å². The molecule has 20 heavy (non-hydrogen) atoms. The number of rotatable bonds is 4. The van der Waals surface area contributed by atoms with Crippen molar-refractivity contribution in [2.45, 2.75) is 32.4 Å². The molecule has 0 fully saturated rings. The molecular formula is C15H21N2O3. The van der Waals surface area contributed by atoms with Gasteiger partial charge in [0, 0.05) is 0 Å². The molecule has 5 nitrogen and oxygen atoms in total. The standard InChI is InChI=1S/C15H21N2O3/c1-11(12-8-6-5-7-9-12)17-13(18)10-16-14(19)20-15(2,3)4/h5-9,11H,1,10H2,2-4H3,(H,16,19)(H,17,18)/t11-/m1/s1. The summed E-state index contributed by atoms with van der Waals surface area (Å²) < 4.78 is 5.03. The highest BCUT2D eigenvalue weighted by Crippen LogP contribution is 2.10. The predicted octanol–water partition coefficient (Wildman–Crippen LogP) is 2.20. The zero-order valence-corrected chi connectivity index (χ0v) is 12.1. The van der Waals surface area contributed by atoms with E-state index in [9.17, 15) is 9.59 Å². The van der Waals surface area contributed by atoms with Crippen LogP contribution in [0.15, 0.2) is 30.3 Å². The van der Waals surface area contributed by atoms with E-state index in [1.807, 2.05) is 30.3 Å². The molecule has 2 amide bonds. The van der Waals surface area contributed by atoms with Gasteiger partial charge in [-0.3, -0.25) is 4.79 Å². The summed E-state index contributed by atoms with van der Waals surface area (Å²) in [5.41, 5.74) is 0.317. The van der Waals surface area contributed by atoms with E-state index in [-0.39, 0.29) is 18.5 Å².